The van der Waals surface area contributed by atoms with Crippen LogP contribution in [0.2, 0.25) is 0 Å². The van der Waals surface area contributed by atoms with E-state index in [-0.39, 0.29) is 36.5 Å². The molecule has 0 aliphatic carbocycles. The van der Waals surface area contributed by atoms with Crippen molar-refractivity contribution in [1.29, 1.82) is 0 Å². The molecule has 3 N–H and O–H groups in total. The van der Waals surface area contributed by atoms with Gasteiger partial charge in [-0.1, -0.05) is 13.3 Å². The van der Waals surface area contributed by atoms with Crippen LogP contribution >= 0.6 is 24.8 Å². The molecule has 1 amide bonds. The standard InChI is InChI=1S/C16H23FN4O.2ClH/c1-4-8-16(2,18)15(22)19-9-7-14-20-12-10-11(17)5-6-13(12)21(14)3;;/h5-6,10H,4,7-9,18H2,1-3H3,(H,19,22);2*1H. The number of halogens is 3. The number of hydrogen-bond donors (Lipinski definition) is 2. The summed E-state index contributed by atoms with van der Waals surface area (Å²) in [6, 6.07) is 4.54. The van der Waals surface area contributed by atoms with Crippen LogP contribution in [0.15, 0.2) is 18.2 Å². The van der Waals surface area contributed by atoms with Crippen LogP contribution < -0.4 is 11.1 Å². The lowest BCUT2D eigenvalue weighted by atomic mass is 9.96. The van der Waals surface area contributed by atoms with Gasteiger partial charge in [0, 0.05) is 26.1 Å². The Morgan fingerprint density at radius 2 is 2.08 bits per heavy atom. The fourth-order valence-corrected chi connectivity index (χ4v) is 2.57. The number of hydrogen-bond acceptors (Lipinski definition) is 3. The summed E-state index contributed by atoms with van der Waals surface area (Å²) in [7, 11) is 1.88. The molecule has 0 bridgehead atoms. The molecule has 5 nitrogen and oxygen atoms in total. The molecular formula is C16H25Cl2FN4O. The molecule has 0 radical (unpaired) electrons. The van der Waals surface area contributed by atoms with E-state index in [1.165, 1.54) is 12.1 Å². The second-order valence-electron chi connectivity index (χ2n) is 5.89. The van der Waals surface area contributed by atoms with E-state index in [4.69, 9.17) is 5.73 Å². The van der Waals surface area contributed by atoms with Crippen LogP contribution in [0.4, 0.5) is 4.39 Å². The summed E-state index contributed by atoms with van der Waals surface area (Å²) in [4.78, 5) is 16.4. The number of imidazole rings is 1. The Labute approximate surface area is 154 Å². The molecular weight excluding hydrogens is 354 g/mol. The highest BCUT2D eigenvalue weighted by Gasteiger charge is 2.26. The first-order valence-electron chi connectivity index (χ1n) is 7.53. The monoisotopic (exact) mass is 378 g/mol. The fraction of sp³-hybridized carbons (Fsp3) is 0.500. The quantitative estimate of drug-likeness (QED) is 0.811. The zero-order valence-electron chi connectivity index (χ0n) is 14.1. The van der Waals surface area contributed by atoms with Crippen LogP contribution in [0, 0.1) is 5.82 Å². The third-order valence-corrected chi connectivity index (χ3v) is 3.86. The van der Waals surface area contributed by atoms with E-state index in [0.717, 1.165) is 17.8 Å². The predicted octanol–water partition coefficient (Wildman–Crippen LogP) is 2.73. The zero-order chi connectivity index (χ0) is 16.3. The molecule has 1 aromatic carbocycles. The molecule has 24 heavy (non-hydrogen) atoms. The van der Waals surface area contributed by atoms with Crippen LogP contribution in [0.25, 0.3) is 11.0 Å². The molecule has 0 saturated carbocycles. The van der Waals surface area contributed by atoms with Crippen LogP contribution in [0.5, 0.6) is 0 Å². The number of nitrogens with two attached hydrogens (primary N) is 1. The van der Waals surface area contributed by atoms with Gasteiger partial charge in [-0.3, -0.25) is 4.79 Å². The summed E-state index contributed by atoms with van der Waals surface area (Å²) in [6.07, 6.45) is 2.07. The molecule has 0 spiro atoms. The molecule has 1 aromatic heterocycles. The molecule has 0 aliphatic rings. The first kappa shape index (κ1) is 22.6. The molecule has 2 rings (SSSR count). The minimum atomic E-state index is -0.843. The number of carbonyl (C=O) groups is 1. The zero-order valence-corrected chi connectivity index (χ0v) is 15.8. The number of carbonyl (C=O) groups excluding carboxylic acids is 1. The van der Waals surface area contributed by atoms with Gasteiger partial charge < -0.3 is 15.6 Å². The highest BCUT2D eigenvalue weighted by molar-refractivity contribution is 5.86. The van der Waals surface area contributed by atoms with Crippen molar-refractivity contribution >= 4 is 41.8 Å². The van der Waals surface area contributed by atoms with E-state index in [9.17, 15) is 9.18 Å². The SMILES string of the molecule is CCCC(C)(N)C(=O)NCCc1nc2cc(F)ccc2n1C.Cl.Cl. The Morgan fingerprint density at radius 3 is 2.71 bits per heavy atom. The van der Waals surface area contributed by atoms with E-state index in [2.05, 4.69) is 10.3 Å². The first-order chi connectivity index (χ1) is 10.3. The lowest BCUT2D eigenvalue weighted by Crippen LogP contribution is -2.51. The average molecular weight is 379 g/mol. The van der Waals surface area contributed by atoms with Crippen molar-refractivity contribution in [1.82, 2.24) is 14.9 Å². The van der Waals surface area contributed by atoms with E-state index in [1.807, 2.05) is 18.5 Å². The molecule has 136 valence electrons. The third kappa shape index (κ3) is 5.06. The van der Waals surface area contributed by atoms with Crippen molar-refractivity contribution in [2.24, 2.45) is 12.8 Å². The number of fused-ring (bicyclic) bond motifs is 1. The summed E-state index contributed by atoms with van der Waals surface area (Å²) >= 11 is 0. The maximum atomic E-state index is 13.2. The minimum absolute atomic E-state index is 0. The highest BCUT2D eigenvalue weighted by Crippen LogP contribution is 2.16. The molecule has 1 heterocycles. The van der Waals surface area contributed by atoms with E-state index in [1.54, 1.807) is 13.0 Å². The summed E-state index contributed by atoms with van der Waals surface area (Å²) in [5.41, 5.74) is 6.64. The van der Waals surface area contributed by atoms with Crippen LogP contribution in [-0.4, -0.2) is 27.5 Å². The summed E-state index contributed by atoms with van der Waals surface area (Å²) in [6.45, 7) is 4.19. The Bertz CT molecular complexity index is 688. The summed E-state index contributed by atoms with van der Waals surface area (Å²) in [5, 5.41) is 2.85. The second kappa shape index (κ2) is 9.20. The number of rotatable bonds is 6. The lowest BCUT2D eigenvalue weighted by molar-refractivity contribution is -0.126. The maximum absolute atomic E-state index is 13.2. The number of aromatic nitrogens is 2. The second-order valence-corrected chi connectivity index (χ2v) is 5.89. The highest BCUT2D eigenvalue weighted by atomic mass is 35.5. The topological polar surface area (TPSA) is 72.9 Å². The smallest absolute Gasteiger partial charge is 0.239 e. The largest absolute Gasteiger partial charge is 0.354 e. The lowest BCUT2D eigenvalue weighted by Gasteiger charge is -2.22. The number of nitrogens with zero attached hydrogens (tertiary/aromatic N) is 2. The summed E-state index contributed by atoms with van der Waals surface area (Å²) in [5.74, 6) is 0.346. The van der Waals surface area contributed by atoms with Gasteiger partial charge >= 0.3 is 0 Å². The van der Waals surface area contributed by atoms with Crippen molar-refractivity contribution in [3.8, 4) is 0 Å². The normalized spacial score (nSPS) is 12.9. The third-order valence-electron chi connectivity index (χ3n) is 3.86. The van der Waals surface area contributed by atoms with Gasteiger partial charge in [0.1, 0.15) is 11.6 Å². The Kier molecular flexibility index (Phi) is 8.68. The van der Waals surface area contributed by atoms with Crippen LogP contribution in [-0.2, 0) is 18.3 Å². The Balaban J connectivity index is 0.00000264. The van der Waals surface area contributed by atoms with Gasteiger partial charge in [-0.05, 0) is 25.5 Å². The van der Waals surface area contributed by atoms with Gasteiger partial charge in [-0.2, -0.15) is 0 Å². The van der Waals surface area contributed by atoms with Gasteiger partial charge in [0.15, 0.2) is 0 Å². The van der Waals surface area contributed by atoms with Gasteiger partial charge in [-0.25, -0.2) is 9.37 Å². The van der Waals surface area contributed by atoms with Crippen molar-refractivity contribution in [2.45, 2.75) is 38.6 Å². The average Bonchev–Trinajstić information content (AvgIpc) is 2.74. The molecule has 0 fully saturated rings. The maximum Gasteiger partial charge on any atom is 0.239 e. The minimum Gasteiger partial charge on any atom is -0.354 e. The molecule has 8 heteroatoms. The van der Waals surface area contributed by atoms with E-state index < -0.39 is 5.54 Å². The van der Waals surface area contributed by atoms with Crippen LogP contribution in [0.3, 0.4) is 0 Å². The van der Waals surface area contributed by atoms with Gasteiger partial charge in [-0.15, -0.1) is 24.8 Å². The number of benzene rings is 1. The van der Waals surface area contributed by atoms with Crippen molar-refractivity contribution in [2.75, 3.05) is 6.54 Å². The van der Waals surface area contributed by atoms with Crippen LogP contribution in [0.1, 0.15) is 32.5 Å². The van der Waals surface area contributed by atoms with E-state index in [0.29, 0.717) is 24.9 Å². The predicted molar refractivity (Wildman–Crippen MR) is 99.4 cm³/mol. The van der Waals surface area contributed by atoms with Crippen molar-refractivity contribution in [3.05, 3.63) is 29.8 Å². The van der Waals surface area contributed by atoms with Gasteiger partial charge in [0.25, 0.3) is 0 Å². The Morgan fingerprint density at radius 1 is 1.42 bits per heavy atom. The number of aryl methyl sites for hydroxylation is 1. The molecule has 0 aliphatic heterocycles. The van der Waals surface area contributed by atoms with Gasteiger partial charge in [0.2, 0.25) is 5.91 Å². The van der Waals surface area contributed by atoms with Crippen molar-refractivity contribution < 1.29 is 9.18 Å². The van der Waals surface area contributed by atoms with Crippen molar-refractivity contribution in [3.63, 3.8) is 0 Å². The molecule has 1 atom stereocenters. The molecule has 1 unspecified atom stereocenters. The van der Waals surface area contributed by atoms with E-state index >= 15 is 0 Å². The Hall–Kier alpha value is -1.37. The number of nitrogens with one attached hydrogen (secondary N) is 1. The number of amides is 1. The molecule has 0 saturated heterocycles. The first-order valence-corrected chi connectivity index (χ1v) is 7.53. The summed E-state index contributed by atoms with van der Waals surface area (Å²) < 4.78 is 15.1. The fourth-order valence-electron chi connectivity index (χ4n) is 2.57. The van der Waals surface area contributed by atoms with Gasteiger partial charge in [0.05, 0.1) is 16.6 Å². The molecule has 2 aromatic rings.